The minimum Gasteiger partial charge on any atom is -0.484 e. The van der Waals surface area contributed by atoms with Crippen molar-refractivity contribution in [2.45, 2.75) is 33.3 Å². The van der Waals surface area contributed by atoms with E-state index in [1.165, 1.54) is 6.07 Å². The summed E-state index contributed by atoms with van der Waals surface area (Å²) in [5, 5.41) is 3.82. The lowest BCUT2D eigenvalue weighted by molar-refractivity contribution is 0.241. The maximum Gasteiger partial charge on any atom is 0.264 e. The zero-order chi connectivity index (χ0) is 13.1. The van der Waals surface area contributed by atoms with Crippen LogP contribution in [0.25, 0.3) is 0 Å². The Balaban J connectivity index is 2.00. The molecule has 0 unspecified atom stereocenters. The fraction of sp³-hybridized carbons (Fsp3) is 0.385. The predicted octanol–water partition coefficient (Wildman–Crippen LogP) is 3.22. The summed E-state index contributed by atoms with van der Waals surface area (Å²) in [4.78, 5) is 4.17. The van der Waals surface area contributed by atoms with Crippen molar-refractivity contribution in [1.82, 2.24) is 10.1 Å². The van der Waals surface area contributed by atoms with E-state index in [0.717, 1.165) is 0 Å². The third kappa shape index (κ3) is 2.85. The van der Waals surface area contributed by atoms with Crippen LogP contribution in [0.15, 0.2) is 22.7 Å². The Labute approximate surface area is 105 Å². The van der Waals surface area contributed by atoms with Gasteiger partial charge in [-0.2, -0.15) is 4.98 Å². The summed E-state index contributed by atoms with van der Waals surface area (Å²) in [6.45, 7) is 5.80. The van der Waals surface area contributed by atoms with E-state index < -0.39 is 0 Å². The van der Waals surface area contributed by atoms with Gasteiger partial charge in [0, 0.05) is 12.0 Å². The Morgan fingerprint density at radius 3 is 2.78 bits per heavy atom. The van der Waals surface area contributed by atoms with Crippen LogP contribution in [-0.2, 0) is 6.61 Å². The largest absolute Gasteiger partial charge is 0.484 e. The topological polar surface area (TPSA) is 48.2 Å². The van der Waals surface area contributed by atoms with Gasteiger partial charge in [0.25, 0.3) is 5.89 Å². The molecule has 0 N–H and O–H groups in total. The summed E-state index contributed by atoms with van der Waals surface area (Å²) in [7, 11) is 0. The average Bonchev–Trinajstić information content (AvgIpc) is 2.79. The lowest BCUT2D eigenvalue weighted by atomic mass is 10.2. The number of halogens is 1. The molecule has 1 aromatic carbocycles. The van der Waals surface area contributed by atoms with Crippen LogP contribution in [0.3, 0.4) is 0 Å². The summed E-state index contributed by atoms with van der Waals surface area (Å²) < 4.78 is 23.7. The van der Waals surface area contributed by atoms with E-state index in [2.05, 4.69) is 10.1 Å². The highest BCUT2D eigenvalue weighted by Crippen LogP contribution is 2.17. The first-order valence-electron chi connectivity index (χ1n) is 5.77. The molecule has 0 aliphatic rings. The molecule has 18 heavy (non-hydrogen) atoms. The Kier molecular flexibility index (Phi) is 3.60. The second-order valence-corrected chi connectivity index (χ2v) is 4.40. The fourth-order valence-corrected chi connectivity index (χ4v) is 1.37. The first kappa shape index (κ1) is 12.5. The molecule has 5 heteroatoms. The highest BCUT2D eigenvalue weighted by molar-refractivity contribution is 5.27. The molecule has 0 saturated heterocycles. The van der Waals surface area contributed by atoms with Crippen molar-refractivity contribution < 1.29 is 13.7 Å². The lowest BCUT2D eigenvalue weighted by Gasteiger charge is -2.04. The number of aromatic nitrogens is 2. The van der Waals surface area contributed by atoms with E-state index in [4.69, 9.17) is 9.26 Å². The molecule has 0 radical (unpaired) electrons. The minimum absolute atomic E-state index is 0.141. The van der Waals surface area contributed by atoms with Crippen molar-refractivity contribution in [2.24, 2.45) is 0 Å². The second kappa shape index (κ2) is 5.16. The van der Waals surface area contributed by atoms with Crippen molar-refractivity contribution in [3.63, 3.8) is 0 Å². The lowest BCUT2D eigenvalue weighted by Crippen LogP contribution is -1.97. The van der Waals surface area contributed by atoms with E-state index in [-0.39, 0.29) is 18.3 Å². The van der Waals surface area contributed by atoms with E-state index in [1.54, 1.807) is 19.1 Å². The monoisotopic (exact) mass is 250 g/mol. The zero-order valence-corrected chi connectivity index (χ0v) is 10.6. The molecule has 2 rings (SSSR count). The Bertz CT molecular complexity index is 538. The molecule has 0 aliphatic carbocycles. The van der Waals surface area contributed by atoms with Gasteiger partial charge in [-0.3, -0.25) is 0 Å². The van der Waals surface area contributed by atoms with Crippen LogP contribution in [0.2, 0.25) is 0 Å². The van der Waals surface area contributed by atoms with Gasteiger partial charge < -0.3 is 9.26 Å². The Hall–Kier alpha value is -1.91. The third-order valence-corrected chi connectivity index (χ3v) is 2.51. The van der Waals surface area contributed by atoms with Gasteiger partial charge in [-0.1, -0.05) is 25.1 Å². The summed E-state index contributed by atoms with van der Waals surface area (Å²) in [5.41, 5.74) is 0.585. The molecular weight excluding hydrogens is 235 g/mol. The van der Waals surface area contributed by atoms with Gasteiger partial charge in [-0.25, -0.2) is 4.39 Å². The van der Waals surface area contributed by atoms with E-state index in [9.17, 15) is 4.39 Å². The molecule has 4 nitrogen and oxygen atoms in total. The van der Waals surface area contributed by atoms with Gasteiger partial charge in [0.15, 0.2) is 12.4 Å². The van der Waals surface area contributed by atoms with Crippen LogP contribution in [0.5, 0.6) is 5.75 Å². The van der Waals surface area contributed by atoms with Crippen molar-refractivity contribution in [3.8, 4) is 5.75 Å². The maximum absolute atomic E-state index is 13.3. The molecule has 0 aliphatic heterocycles. The minimum atomic E-state index is -0.291. The number of hydrogen-bond donors (Lipinski definition) is 0. The fourth-order valence-electron chi connectivity index (χ4n) is 1.37. The molecule has 0 amide bonds. The number of hydrogen-bond acceptors (Lipinski definition) is 4. The summed E-state index contributed by atoms with van der Waals surface area (Å²) in [6, 6.07) is 4.71. The highest BCUT2D eigenvalue weighted by Gasteiger charge is 2.10. The first-order valence-corrected chi connectivity index (χ1v) is 5.77. The van der Waals surface area contributed by atoms with E-state index in [1.807, 2.05) is 13.8 Å². The maximum atomic E-state index is 13.3. The molecule has 96 valence electrons. The first-order chi connectivity index (χ1) is 8.56. The summed E-state index contributed by atoms with van der Waals surface area (Å²) >= 11 is 0. The van der Waals surface area contributed by atoms with Gasteiger partial charge in [-0.15, -0.1) is 0 Å². The van der Waals surface area contributed by atoms with E-state index >= 15 is 0 Å². The Morgan fingerprint density at radius 2 is 2.17 bits per heavy atom. The Morgan fingerprint density at radius 1 is 1.39 bits per heavy atom. The number of rotatable bonds is 4. The van der Waals surface area contributed by atoms with Crippen LogP contribution in [-0.4, -0.2) is 10.1 Å². The predicted molar refractivity (Wildman–Crippen MR) is 63.9 cm³/mol. The number of ether oxygens (including phenoxy) is 1. The summed E-state index contributed by atoms with van der Waals surface area (Å²) in [5.74, 6) is 1.39. The van der Waals surface area contributed by atoms with Crippen LogP contribution in [0.1, 0.15) is 37.0 Å². The van der Waals surface area contributed by atoms with Crippen LogP contribution in [0, 0.1) is 12.7 Å². The van der Waals surface area contributed by atoms with Crippen LogP contribution in [0.4, 0.5) is 4.39 Å². The smallest absolute Gasteiger partial charge is 0.264 e. The molecule has 0 bridgehead atoms. The van der Waals surface area contributed by atoms with Crippen molar-refractivity contribution >= 4 is 0 Å². The van der Waals surface area contributed by atoms with Crippen LogP contribution >= 0.6 is 0 Å². The molecule has 0 spiro atoms. The van der Waals surface area contributed by atoms with E-state index in [0.29, 0.717) is 23.0 Å². The number of aryl methyl sites for hydroxylation is 1. The highest BCUT2D eigenvalue weighted by atomic mass is 19.1. The third-order valence-electron chi connectivity index (χ3n) is 2.51. The molecule has 0 saturated carbocycles. The van der Waals surface area contributed by atoms with Gasteiger partial charge in [-0.05, 0) is 18.6 Å². The molecule has 2 aromatic rings. The van der Waals surface area contributed by atoms with Gasteiger partial charge in [0.1, 0.15) is 11.6 Å². The van der Waals surface area contributed by atoms with Gasteiger partial charge in [0.2, 0.25) is 0 Å². The number of benzene rings is 1. The molecule has 0 fully saturated rings. The zero-order valence-electron chi connectivity index (χ0n) is 10.6. The second-order valence-electron chi connectivity index (χ2n) is 4.40. The van der Waals surface area contributed by atoms with Crippen LogP contribution < -0.4 is 4.74 Å². The molecule has 1 aromatic heterocycles. The number of nitrogens with zero attached hydrogens (tertiary/aromatic N) is 2. The van der Waals surface area contributed by atoms with Crippen molar-refractivity contribution in [2.75, 3.05) is 0 Å². The van der Waals surface area contributed by atoms with Crippen molar-refractivity contribution in [3.05, 3.63) is 41.3 Å². The molecule has 0 atom stereocenters. The SMILES string of the molecule is Cc1ccc(OCc2nc(C(C)C)no2)cc1F. The molecular formula is C13H15FN2O2. The quantitative estimate of drug-likeness (QED) is 0.835. The average molecular weight is 250 g/mol. The summed E-state index contributed by atoms with van der Waals surface area (Å²) in [6.07, 6.45) is 0. The van der Waals surface area contributed by atoms with Crippen molar-refractivity contribution in [1.29, 1.82) is 0 Å². The standard InChI is InChI=1S/C13H15FN2O2/c1-8(2)13-15-12(18-16-13)7-17-10-5-4-9(3)11(14)6-10/h4-6,8H,7H2,1-3H3. The molecule has 1 heterocycles. The van der Waals surface area contributed by atoms with Gasteiger partial charge in [0.05, 0.1) is 0 Å². The normalized spacial score (nSPS) is 10.9. The van der Waals surface area contributed by atoms with Gasteiger partial charge >= 0.3 is 0 Å².